The van der Waals surface area contributed by atoms with Crippen LogP contribution in [0.3, 0.4) is 0 Å². The summed E-state index contributed by atoms with van der Waals surface area (Å²) < 4.78 is 2.09. The first-order chi connectivity index (χ1) is 5.49. The van der Waals surface area contributed by atoms with Gasteiger partial charge in [-0.05, 0) is 18.8 Å². The highest BCUT2D eigenvalue weighted by Crippen LogP contribution is 2.19. The Bertz CT molecular complexity index is 245. The van der Waals surface area contributed by atoms with E-state index in [9.17, 15) is 0 Å². The Kier molecular flexibility index (Phi) is 2.50. The van der Waals surface area contributed by atoms with Crippen LogP contribution in [0.4, 0.5) is 0 Å². The first-order valence-corrected chi connectivity index (χ1v) is 4.33. The number of hydrogen-bond donors (Lipinski definition) is 0. The molecular weight excluding hydrogens is 150 g/mol. The van der Waals surface area contributed by atoms with Gasteiger partial charge in [-0.15, -0.1) is 10.2 Å². The molecule has 0 aliphatic carbocycles. The second kappa shape index (κ2) is 3.25. The Labute approximate surface area is 73.8 Å². The first-order valence-electron chi connectivity index (χ1n) is 4.33. The van der Waals surface area contributed by atoms with Gasteiger partial charge in [0.2, 0.25) is 0 Å². The molecule has 0 fully saturated rings. The number of hydrogen-bond acceptors (Lipinski definition) is 2. The van der Waals surface area contributed by atoms with Crippen molar-refractivity contribution in [2.75, 3.05) is 0 Å². The van der Waals surface area contributed by atoms with Crippen LogP contribution in [0.2, 0.25) is 0 Å². The summed E-state index contributed by atoms with van der Waals surface area (Å²) in [5, 5.41) is 7.77. The predicted molar refractivity (Wildman–Crippen MR) is 48.8 cm³/mol. The molecule has 1 aromatic heterocycles. The molecule has 0 spiro atoms. The highest BCUT2D eigenvalue weighted by atomic mass is 15.2. The molecule has 0 radical (unpaired) electrons. The zero-order chi connectivity index (χ0) is 9.19. The topological polar surface area (TPSA) is 30.7 Å². The second-order valence-corrected chi connectivity index (χ2v) is 4.38. The summed E-state index contributed by atoms with van der Waals surface area (Å²) in [5.41, 5.74) is 0.386. The maximum atomic E-state index is 3.93. The highest BCUT2D eigenvalue weighted by molar-refractivity contribution is 4.80. The number of nitrogens with zero attached hydrogens (tertiary/aromatic N) is 3. The summed E-state index contributed by atoms with van der Waals surface area (Å²) in [6.45, 7) is 9.73. The van der Waals surface area contributed by atoms with Crippen molar-refractivity contribution in [1.29, 1.82) is 0 Å². The summed E-state index contributed by atoms with van der Waals surface area (Å²) in [6, 6.07) is 0. The summed E-state index contributed by atoms with van der Waals surface area (Å²) in [4.78, 5) is 0. The van der Waals surface area contributed by atoms with Gasteiger partial charge in [0.05, 0.1) is 0 Å². The monoisotopic (exact) mass is 167 g/mol. The maximum Gasteiger partial charge on any atom is 0.129 e. The third kappa shape index (κ3) is 2.64. The molecule has 0 atom stereocenters. The molecule has 1 aromatic rings. The summed E-state index contributed by atoms with van der Waals surface area (Å²) in [7, 11) is 0. The molecule has 0 bridgehead atoms. The Morgan fingerprint density at radius 1 is 1.42 bits per heavy atom. The van der Waals surface area contributed by atoms with E-state index in [4.69, 9.17) is 0 Å². The van der Waals surface area contributed by atoms with Crippen LogP contribution < -0.4 is 0 Å². The third-order valence-electron chi connectivity index (χ3n) is 1.91. The van der Waals surface area contributed by atoms with Crippen LogP contribution in [0.5, 0.6) is 0 Å². The molecule has 0 aliphatic heterocycles. The molecular formula is C9H17N3. The van der Waals surface area contributed by atoms with Crippen molar-refractivity contribution in [2.45, 2.75) is 40.7 Å². The standard InChI is InChI=1S/C9H17N3/c1-8-11-10-7-12(8)6-5-9(2,3)4/h7H,5-6H2,1-4H3. The van der Waals surface area contributed by atoms with E-state index in [1.807, 2.05) is 6.92 Å². The van der Waals surface area contributed by atoms with Gasteiger partial charge in [0.25, 0.3) is 0 Å². The largest absolute Gasteiger partial charge is 0.318 e. The van der Waals surface area contributed by atoms with Crippen LogP contribution in [0, 0.1) is 12.3 Å². The SMILES string of the molecule is Cc1nncn1CCC(C)(C)C. The van der Waals surface area contributed by atoms with Gasteiger partial charge in [0.1, 0.15) is 12.2 Å². The molecule has 1 rings (SSSR count). The van der Waals surface area contributed by atoms with Gasteiger partial charge in [-0.2, -0.15) is 0 Å². The first kappa shape index (κ1) is 9.23. The van der Waals surface area contributed by atoms with E-state index in [0.717, 1.165) is 18.8 Å². The Morgan fingerprint density at radius 2 is 2.08 bits per heavy atom. The Balaban J connectivity index is 2.49. The molecule has 0 saturated carbocycles. The van der Waals surface area contributed by atoms with Crippen molar-refractivity contribution in [3.05, 3.63) is 12.2 Å². The number of rotatable bonds is 2. The predicted octanol–water partition coefficient (Wildman–Crippen LogP) is 2.02. The minimum atomic E-state index is 0.386. The molecule has 12 heavy (non-hydrogen) atoms. The fourth-order valence-corrected chi connectivity index (χ4v) is 0.988. The number of aryl methyl sites for hydroxylation is 2. The van der Waals surface area contributed by atoms with E-state index in [-0.39, 0.29) is 0 Å². The smallest absolute Gasteiger partial charge is 0.129 e. The van der Waals surface area contributed by atoms with E-state index in [0.29, 0.717) is 5.41 Å². The minimum absolute atomic E-state index is 0.386. The Morgan fingerprint density at radius 3 is 2.50 bits per heavy atom. The zero-order valence-corrected chi connectivity index (χ0v) is 8.33. The van der Waals surface area contributed by atoms with Crippen molar-refractivity contribution >= 4 is 0 Å². The van der Waals surface area contributed by atoms with Gasteiger partial charge in [0, 0.05) is 6.54 Å². The molecule has 3 nitrogen and oxygen atoms in total. The third-order valence-corrected chi connectivity index (χ3v) is 1.91. The fourth-order valence-electron chi connectivity index (χ4n) is 0.988. The average molecular weight is 167 g/mol. The zero-order valence-electron chi connectivity index (χ0n) is 8.33. The van der Waals surface area contributed by atoms with Crippen molar-refractivity contribution in [1.82, 2.24) is 14.8 Å². The van der Waals surface area contributed by atoms with E-state index in [2.05, 4.69) is 35.5 Å². The fraction of sp³-hybridized carbons (Fsp3) is 0.778. The second-order valence-electron chi connectivity index (χ2n) is 4.38. The van der Waals surface area contributed by atoms with Gasteiger partial charge in [-0.1, -0.05) is 20.8 Å². The van der Waals surface area contributed by atoms with Gasteiger partial charge < -0.3 is 4.57 Å². The van der Waals surface area contributed by atoms with Gasteiger partial charge in [0.15, 0.2) is 0 Å². The molecule has 3 heteroatoms. The lowest BCUT2D eigenvalue weighted by molar-refractivity contribution is 0.348. The van der Waals surface area contributed by atoms with E-state index < -0.39 is 0 Å². The van der Waals surface area contributed by atoms with Crippen LogP contribution in [0.25, 0.3) is 0 Å². The molecule has 1 heterocycles. The highest BCUT2D eigenvalue weighted by Gasteiger charge is 2.10. The van der Waals surface area contributed by atoms with Crippen molar-refractivity contribution in [2.24, 2.45) is 5.41 Å². The van der Waals surface area contributed by atoms with Crippen LogP contribution in [0.15, 0.2) is 6.33 Å². The van der Waals surface area contributed by atoms with E-state index in [1.165, 1.54) is 0 Å². The molecule has 0 N–H and O–H groups in total. The molecule has 68 valence electrons. The minimum Gasteiger partial charge on any atom is -0.318 e. The molecule has 0 amide bonds. The molecule has 0 unspecified atom stereocenters. The number of aromatic nitrogens is 3. The quantitative estimate of drug-likeness (QED) is 0.674. The van der Waals surface area contributed by atoms with E-state index in [1.54, 1.807) is 6.33 Å². The maximum absolute atomic E-state index is 3.93. The van der Waals surface area contributed by atoms with E-state index >= 15 is 0 Å². The van der Waals surface area contributed by atoms with Gasteiger partial charge in [-0.3, -0.25) is 0 Å². The van der Waals surface area contributed by atoms with Crippen LogP contribution >= 0.6 is 0 Å². The average Bonchev–Trinajstić information content (AvgIpc) is 2.29. The van der Waals surface area contributed by atoms with Gasteiger partial charge >= 0.3 is 0 Å². The summed E-state index contributed by atoms with van der Waals surface area (Å²) in [6.07, 6.45) is 2.95. The molecule has 0 saturated heterocycles. The summed E-state index contributed by atoms with van der Waals surface area (Å²) in [5.74, 6) is 0.999. The van der Waals surface area contributed by atoms with Crippen molar-refractivity contribution in [3.8, 4) is 0 Å². The Hall–Kier alpha value is -0.860. The van der Waals surface area contributed by atoms with Gasteiger partial charge in [-0.25, -0.2) is 0 Å². The lowest BCUT2D eigenvalue weighted by Gasteiger charge is -2.18. The normalized spacial score (nSPS) is 12.0. The van der Waals surface area contributed by atoms with Crippen LogP contribution in [-0.2, 0) is 6.54 Å². The van der Waals surface area contributed by atoms with Crippen LogP contribution in [-0.4, -0.2) is 14.8 Å². The molecule has 0 aromatic carbocycles. The van der Waals surface area contributed by atoms with Crippen LogP contribution in [0.1, 0.15) is 33.0 Å². The summed E-state index contributed by atoms with van der Waals surface area (Å²) >= 11 is 0. The molecule has 0 aliphatic rings. The lowest BCUT2D eigenvalue weighted by Crippen LogP contribution is -2.10. The lowest BCUT2D eigenvalue weighted by atomic mass is 9.92. The van der Waals surface area contributed by atoms with Crippen molar-refractivity contribution < 1.29 is 0 Å². The van der Waals surface area contributed by atoms with Crippen molar-refractivity contribution in [3.63, 3.8) is 0 Å².